The molecule has 2 aliphatic heterocycles. The summed E-state index contributed by atoms with van der Waals surface area (Å²) >= 11 is 2.54. The van der Waals surface area contributed by atoms with Crippen LogP contribution in [0.2, 0.25) is 0 Å². The van der Waals surface area contributed by atoms with E-state index in [-0.39, 0.29) is 34.4 Å². The molecule has 3 N–H and O–H groups in total. The van der Waals surface area contributed by atoms with Crippen molar-refractivity contribution in [2.75, 3.05) is 25.1 Å². The first-order valence-electron chi connectivity index (χ1n) is 12.4. The number of anilines is 1. The number of nitrogen functional groups attached to an aromatic ring is 1. The zero-order chi connectivity index (χ0) is 28.3. The SMILES string of the molecule is C=CC1(C(=O)OC(c2ccccc2)c2ccccc2)CS[C@@H]2C(NC(=O)C(=NOC)c3csc(N)n3)C(=O)N2C1. The summed E-state index contributed by atoms with van der Waals surface area (Å²) in [4.78, 5) is 50.3. The second kappa shape index (κ2) is 11.5. The minimum Gasteiger partial charge on any atom is -0.452 e. The van der Waals surface area contributed by atoms with Gasteiger partial charge in [0.25, 0.3) is 5.91 Å². The molecule has 3 aromatic rings. The molecule has 10 nitrogen and oxygen atoms in total. The van der Waals surface area contributed by atoms with Gasteiger partial charge in [-0.05, 0) is 11.1 Å². The molecule has 0 saturated carbocycles. The molecule has 0 radical (unpaired) electrons. The number of hydrogen-bond donors (Lipinski definition) is 2. The number of nitrogens with two attached hydrogens (primary N) is 1. The Morgan fingerprint density at radius 2 is 1.85 bits per heavy atom. The number of hydrogen-bond acceptors (Lipinski definition) is 10. The van der Waals surface area contributed by atoms with E-state index in [9.17, 15) is 14.4 Å². The Morgan fingerprint density at radius 1 is 1.20 bits per heavy atom. The number of amides is 2. The van der Waals surface area contributed by atoms with Gasteiger partial charge in [-0.2, -0.15) is 0 Å². The standard InChI is InChI=1S/C28H27N5O5S2/c1-3-28(26(36)38-22(17-10-6-4-7-11-17)18-12-8-5-9-13-18)15-33-24(35)21(25(33)40-16-28)31-23(34)20(32-37-2)19-14-39-27(29)30-19/h3-14,21-22,25H,1,15-16H2,2H3,(H2,29,30)(H,31,34)/t21?,25-,28?/m1/s1. The Hall–Kier alpha value is -4.16. The van der Waals surface area contributed by atoms with Crippen molar-refractivity contribution in [1.82, 2.24) is 15.2 Å². The molecule has 206 valence electrons. The van der Waals surface area contributed by atoms with Gasteiger partial charge in [-0.25, -0.2) is 4.98 Å². The van der Waals surface area contributed by atoms with E-state index in [4.69, 9.17) is 15.3 Å². The third-order valence-corrected chi connectivity index (χ3v) is 9.01. The lowest BCUT2D eigenvalue weighted by molar-refractivity contribution is -0.162. The first-order chi connectivity index (χ1) is 19.4. The van der Waals surface area contributed by atoms with Crippen molar-refractivity contribution in [3.63, 3.8) is 0 Å². The van der Waals surface area contributed by atoms with Crippen molar-refractivity contribution < 1.29 is 24.0 Å². The number of rotatable bonds is 9. The normalized spacial score (nSPS) is 22.2. The van der Waals surface area contributed by atoms with Crippen LogP contribution in [-0.2, 0) is 24.0 Å². The molecule has 0 bridgehead atoms. The molecule has 0 aliphatic carbocycles. The van der Waals surface area contributed by atoms with E-state index in [1.807, 2.05) is 60.7 Å². The van der Waals surface area contributed by atoms with E-state index >= 15 is 0 Å². The number of aromatic nitrogens is 1. The molecule has 12 heteroatoms. The fourth-order valence-corrected chi connectivity index (χ4v) is 6.71. The second-order valence-corrected chi connectivity index (χ2v) is 11.3. The maximum Gasteiger partial charge on any atom is 0.319 e. The lowest BCUT2D eigenvalue weighted by Gasteiger charge is -2.53. The zero-order valence-electron chi connectivity index (χ0n) is 21.6. The van der Waals surface area contributed by atoms with Crippen LogP contribution in [0, 0.1) is 5.41 Å². The van der Waals surface area contributed by atoms with Gasteiger partial charge in [0.2, 0.25) is 5.91 Å². The summed E-state index contributed by atoms with van der Waals surface area (Å²) in [6, 6.07) is 18.2. The number of ether oxygens (including phenoxy) is 1. The molecule has 3 heterocycles. The average molecular weight is 578 g/mol. The lowest BCUT2D eigenvalue weighted by Crippen LogP contribution is -2.73. The van der Waals surface area contributed by atoms with E-state index in [2.05, 4.69) is 22.0 Å². The molecule has 2 fully saturated rings. The summed E-state index contributed by atoms with van der Waals surface area (Å²) in [7, 11) is 1.31. The topological polar surface area (TPSA) is 136 Å². The van der Waals surface area contributed by atoms with E-state index < -0.39 is 29.4 Å². The molecular formula is C28H27N5O5S2. The number of benzene rings is 2. The molecule has 40 heavy (non-hydrogen) atoms. The molecule has 2 aromatic carbocycles. The highest BCUT2D eigenvalue weighted by Gasteiger charge is 2.57. The highest BCUT2D eigenvalue weighted by Crippen LogP contribution is 2.44. The van der Waals surface area contributed by atoms with Crippen LogP contribution in [0.4, 0.5) is 5.13 Å². The third-order valence-electron chi connectivity index (χ3n) is 6.78. The fourth-order valence-electron chi connectivity index (χ4n) is 4.64. The van der Waals surface area contributed by atoms with Gasteiger partial charge in [0.15, 0.2) is 16.9 Å². The molecule has 2 saturated heterocycles. The van der Waals surface area contributed by atoms with Crippen LogP contribution in [0.1, 0.15) is 22.9 Å². The first-order valence-corrected chi connectivity index (χ1v) is 14.3. The number of carbonyl (C=O) groups is 3. The monoisotopic (exact) mass is 577 g/mol. The minimum absolute atomic E-state index is 0.0839. The van der Waals surface area contributed by atoms with Gasteiger partial charge in [0.05, 0.1) is 0 Å². The number of thiazole rings is 1. The van der Waals surface area contributed by atoms with Gasteiger partial charge >= 0.3 is 5.97 Å². The zero-order valence-corrected chi connectivity index (χ0v) is 23.2. The van der Waals surface area contributed by atoms with E-state index in [1.54, 1.807) is 16.4 Å². The number of thioether (sulfide) groups is 1. The summed E-state index contributed by atoms with van der Waals surface area (Å²) in [6.07, 6.45) is 0.938. The molecule has 5 rings (SSSR count). The summed E-state index contributed by atoms with van der Waals surface area (Å²) in [5.74, 6) is -1.07. The summed E-state index contributed by atoms with van der Waals surface area (Å²) in [5, 5.41) is 8.00. The van der Waals surface area contributed by atoms with Crippen molar-refractivity contribution in [3.8, 4) is 0 Å². The van der Waals surface area contributed by atoms with Gasteiger partial charge in [-0.1, -0.05) is 71.9 Å². The molecule has 0 spiro atoms. The lowest BCUT2D eigenvalue weighted by atomic mass is 9.87. The number of oxime groups is 1. The predicted molar refractivity (Wildman–Crippen MR) is 153 cm³/mol. The van der Waals surface area contributed by atoms with Gasteiger partial charge in [-0.3, -0.25) is 14.4 Å². The first kappa shape index (κ1) is 27.4. The van der Waals surface area contributed by atoms with Gasteiger partial charge in [-0.15, -0.1) is 29.7 Å². The maximum atomic E-state index is 13.7. The largest absolute Gasteiger partial charge is 0.452 e. The predicted octanol–water partition coefficient (Wildman–Crippen LogP) is 2.98. The van der Waals surface area contributed by atoms with Crippen LogP contribution in [0.3, 0.4) is 0 Å². The van der Waals surface area contributed by atoms with Crippen molar-refractivity contribution in [3.05, 3.63) is 95.5 Å². The van der Waals surface area contributed by atoms with Crippen LogP contribution >= 0.6 is 23.1 Å². The Morgan fingerprint density at radius 3 is 2.40 bits per heavy atom. The van der Waals surface area contributed by atoms with Crippen LogP contribution in [0.15, 0.2) is 83.9 Å². The van der Waals surface area contributed by atoms with Crippen molar-refractivity contribution in [2.24, 2.45) is 10.6 Å². The number of nitrogens with zero attached hydrogens (tertiary/aromatic N) is 3. The quantitative estimate of drug-likeness (QED) is 0.130. The van der Waals surface area contributed by atoms with Gasteiger partial charge < -0.3 is 25.5 Å². The molecule has 2 amide bonds. The Bertz CT molecular complexity index is 1410. The third kappa shape index (κ3) is 5.19. The van der Waals surface area contributed by atoms with Gasteiger partial charge in [0, 0.05) is 17.7 Å². The smallest absolute Gasteiger partial charge is 0.319 e. The average Bonchev–Trinajstić information content (AvgIpc) is 3.43. The van der Waals surface area contributed by atoms with Crippen LogP contribution in [0.25, 0.3) is 0 Å². The summed E-state index contributed by atoms with van der Waals surface area (Å²) < 4.78 is 6.12. The Kier molecular flexibility index (Phi) is 7.90. The second-order valence-electron chi connectivity index (χ2n) is 9.28. The van der Waals surface area contributed by atoms with E-state index in [1.165, 1.54) is 18.9 Å². The van der Waals surface area contributed by atoms with Crippen molar-refractivity contribution in [1.29, 1.82) is 0 Å². The van der Waals surface area contributed by atoms with Gasteiger partial charge in [0.1, 0.15) is 29.6 Å². The number of esters is 1. The Balaban J connectivity index is 1.29. The number of nitrogens with one attached hydrogen (secondary N) is 1. The van der Waals surface area contributed by atoms with Crippen molar-refractivity contribution in [2.45, 2.75) is 17.5 Å². The minimum atomic E-state index is -1.12. The molecule has 1 aromatic heterocycles. The highest BCUT2D eigenvalue weighted by atomic mass is 32.2. The summed E-state index contributed by atoms with van der Waals surface area (Å²) in [5.41, 5.74) is 6.41. The number of β-lactam (4-membered cyclic amide) rings is 1. The maximum absolute atomic E-state index is 13.7. The summed E-state index contributed by atoms with van der Waals surface area (Å²) in [6.45, 7) is 4.01. The Labute approximate surface area is 239 Å². The fraction of sp³-hybridized carbons (Fsp3) is 0.250. The molecule has 2 aliphatic rings. The van der Waals surface area contributed by atoms with Crippen molar-refractivity contribution >= 4 is 51.7 Å². The number of fused-ring (bicyclic) bond motifs is 1. The highest BCUT2D eigenvalue weighted by molar-refractivity contribution is 8.00. The van der Waals surface area contributed by atoms with Crippen LogP contribution < -0.4 is 11.1 Å². The number of carbonyl (C=O) groups excluding carboxylic acids is 3. The van der Waals surface area contributed by atoms with E-state index in [0.717, 1.165) is 22.5 Å². The van der Waals surface area contributed by atoms with Crippen LogP contribution in [0.5, 0.6) is 0 Å². The van der Waals surface area contributed by atoms with E-state index in [0.29, 0.717) is 5.75 Å². The van der Waals surface area contributed by atoms with Crippen LogP contribution in [-0.4, -0.2) is 64.2 Å². The molecule has 2 unspecified atom stereocenters. The molecule has 3 atom stereocenters. The molecular weight excluding hydrogens is 550 g/mol.